The van der Waals surface area contributed by atoms with E-state index in [9.17, 15) is 19.7 Å². The van der Waals surface area contributed by atoms with Crippen molar-refractivity contribution in [1.82, 2.24) is 10.2 Å². The minimum absolute atomic E-state index is 0.0105. The van der Waals surface area contributed by atoms with Crippen molar-refractivity contribution in [2.75, 3.05) is 13.1 Å². The van der Waals surface area contributed by atoms with Crippen LogP contribution in [0.1, 0.15) is 40.9 Å². The molecule has 0 spiro atoms. The maximum absolute atomic E-state index is 13.2. The molecule has 2 amide bonds. The number of hydrogen-bond donors (Lipinski definition) is 1. The summed E-state index contributed by atoms with van der Waals surface area (Å²) in [5.41, 5.74) is 2.28. The highest BCUT2D eigenvalue weighted by Gasteiger charge is 2.23. The van der Waals surface area contributed by atoms with E-state index in [-0.39, 0.29) is 23.2 Å². The number of nitrogens with zero attached hydrogens (tertiary/aromatic N) is 2. The molecule has 1 aliphatic rings. The number of nitrogens with one attached hydrogen (secondary N) is 1. The molecule has 0 atom stereocenters. The van der Waals surface area contributed by atoms with Gasteiger partial charge < -0.3 is 14.6 Å². The molecule has 2 heterocycles. The molecule has 8 heteroatoms. The number of hydrogen-bond acceptors (Lipinski definition) is 5. The first-order valence-electron chi connectivity index (χ1n) is 11.1. The number of piperidine rings is 1. The zero-order chi connectivity index (χ0) is 24.1. The third-order valence-electron chi connectivity index (χ3n) is 5.71. The number of carbonyl (C=O) groups excluding carboxylic acids is 2. The lowest BCUT2D eigenvalue weighted by Gasteiger charge is -2.27. The minimum Gasteiger partial charge on any atom is -0.457 e. The molecule has 1 N–H and O–H groups in total. The number of nitro benzene ring substituents is 1. The molecule has 0 saturated carbocycles. The fraction of sp³-hybridized carbons (Fsp3) is 0.231. The number of likely N-dealkylation sites (tertiary alicyclic amines) is 1. The van der Waals surface area contributed by atoms with Crippen molar-refractivity contribution in [2.45, 2.75) is 26.2 Å². The number of furan rings is 1. The first-order valence-corrected chi connectivity index (χ1v) is 11.1. The van der Waals surface area contributed by atoms with E-state index in [1.165, 1.54) is 18.2 Å². The maximum atomic E-state index is 13.2. The zero-order valence-corrected chi connectivity index (χ0v) is 18.8. The van der Waals surface area contributed by atoms with E-state index < -0.39 is 4.92 Å². The molecular weight excluding hydrogens is 434 g/mol. The summed E-state index contributed by atoms with van der Waals surface area (Å²) in [7, 11) is 0. The zero-order valence-electron chi connectivity index (χ0n) is 18.8. The molecule has 3 aromatic rings. The number of benzene rings is 2. The third kappa shape index (κ3) is 5.40. The molecule has 2 aromatic carbocycles. The minimum atomic E-state index is -0.463. The number of carbonyl (C=O) groups is 2. The van der Waals surface area contributed by atoms with Crippen LogP contribution in [0.3, 0.4) is 0 Å². The summed E-state index contributed by atoms with van der Waals surface area (Å²) < 4.78 is 5.87. The molecule has 8 nitrogen and oxygen atoms in total. The van der Waals surface area contributed by atoms with Crippen molar-refractivity contribution < 1.29 is 18.9 Å². The fourth-order valence-corrected chi connectivity index (χ4v) is 3.79. The van der Waals surface area contributed by atoms with Gasteiger partial charge in [-0.3, -0.25) is 19.7 Å². The van der Waals surface area contributed by atoms with Gasteiger partial charge in [0.15, 0.2) is 0 Å². The van der Waals surface area contributed by atoms with Gasteiger partial charge in [-0.15, -0.1) is 0 Å². The summed E-state index contributed by atoms with van der Waals surface area (Å²) in [4.78, 5) is 38.2. The molecule has 1 aliphatic heterocycles. The number of amides is 2. The molecule has 0 unspecified atom stereocenters. The Labute approximate surface area is 197 Å². The number of nitro groups is 1. The first-order chi connectivity index (χ1) is 16.4. The van der Waals surface area contributed by atoms with E-state index in [4.69, 9.17) is 4.42 Å². The van der Waals surface area contributed by atoms with E-state index >= 15 is 0 Å². The van der Waals surface area contributed by atoms with Crippen LogP contribution in [0.25, 0.3) is 17.4 Å². The Morgan fingerprint density at radius 1 is 0.971 bits per heavy atom. The van der Waals surface area contributed by atoms with Gasteiger partial charge in [0.25, 0.3) is 17.5 Å². The number of rotatable bonds is 6. The largest absolute Gasteiger partial charge is 0.457 e. The van der Waals surface area contributed by atoms with Crippen molar-refractivity contribution in [3.8, 4) is 11.3 Å². The molecule has 0 aliphatic carbocycles. The summed E-state index contributed by atoms with van der Waals surface area (Å²) in [6.45, 7) is 3.22. The Balaban J connectivity index is 1.60. The monoisotopic (exact) mass is 459 g/mol. The van der Waals surface area contributed by atoms with Crippen molar-refractivity contribution in [1.29, 1.82) is 0 Å². The Bertz CT molecular complexity index is 1220. The summed E-state index contributed by atoms with van der Waals surface area (Å²) in [6.07, 6.45) is 4.46. The molecule has 1 fully saturated rings. The van der Waals surface area contributed by atoms with Gasteiger partial charge in [0.1, 0.15) is 17.2 Å². The van der Waals surface area contributed by atoms with Gasteiger partial charge in [-0.05, 0) is 62.6 Å². The SMILES string of the molecule is Cc1ccc(C(=O)N/C(=C/c2ccc(-c3ccc([N+](=O)[O-])cc3)o2)C(=O)N2CCCCC2)cc1. The van der Waals surface area contributed by atoms with E-state index in [0.29, 0.717) is 35.7 Å². The highest BCUT2D eigenvalue weighted by Crippen LogP contribution is 2.26. The van der Waals surface area contributed by atoms with E-state index in [1.54, 1.807) is 41.3 Å². The second kappa shape index (κ2) is 10.2. The van der Waals surface area contributed by atoms with Gasteiger partial charge in [-0.1, -0.05) is 17.7 Å². The highest BCUT2D eigenvalue weighted by atomic mass is 16.6. The van der Waals surface area contributed by atoms with E-state index in [0.717, 1.165) is 24.8 Å². The van der Waals surface area contributed by atoms with Crippen LogP contribution in [0, 0.1) is 17.0 Å². The van der Waals surface area contributed by atoms with Crippen LogP contribution in [0.2, 0.25) is 0 Å². The van der Waals surface area contributed by atoms with Gasteiger partial charge >= 0.3 is 0 Å². The highest BCUT2D eigenvalue weighted by molar-refractivity contribution is 6.05. The molecule has 0 radical (unpaired) electrons. The van der Waals surface area contributed by atoms with Crippen LogP contribution >= 0.6 is 0 Å². The normalized spacial score (nSPS) is 14.0. The average Bonchev–Trinajstić information content (AvgIpc) is 3.32. The Morgan fingerprint density at radius 2 is 1.65 bits per heavy atom. The van der Waals surface area contributed by atoms with Gasteiger partial charge in [0, 0.05) is 42.4 Å². The van der Waals surface area contributed by atoms with Crippen LogP contribution in [0.15, 0.2) is 70.8 Å². The molecule has 1 saturated heterocycles. The van der Waals surface area contributed by atoms with Crippen molar-refractivity contribution in [2.24, 2.45) is 0 Å². The standard InChI is InChI=1S/C26H25N3O5/c1-18-5-7-20(8-6-18)25(30)27-23(26(31)28-15-3-2-4-16-28)17-22-13-14-24(34-22)19-9-11-21(12-10-19)29(32)33/h5-14,17H,2-4,15-16H2,1H3,(H,27,30)/b23-17+. The van der Waals surface area contributed by atoms with Gasteiger partial charge in [0.05, 0.1) is 4.92 Å². The Hall–Kier alpha value is -4.20. The summed E-state index contributed by atoms with van der Waals surface area (Å²) in [5.74, 6) is 0.251. The molecule has 1 aromatic heterocycles. The summed E-state index contributed by atoms with van der Waals surface area (Å²) in [5, 5.41) is 13.6. The molecule has 34 heavy (non-hydrogen) atoms. The quantitative estimate of drug-likeness (QED) is 0.319. The lowest BCUT2D eigenvalue weighted by Crippen LogP contribution is -2.41. The molecule has 0 bridgehead atoms. The lowest BCUT2D eigenvalue weighted by molar-refractivity contribution is -0.384. The molecule has 4 rings (SSSR count). The Morgan fingerprint density at radius 3 is 2.29 bits per heavy atom. The van der Waals surface area contributed by atoms with Crippen LogP contribution in [0.5, 0.6) is 0 Å². The smallest absolute Gasteiger partial charge is 0.270 e. The Kier molecular flexibility index (Phi) is 6.87. The second-order valence-corrected chi connectivity index (χ2v) is 8.24. The van der Waals surface area contributed by atoms with Crippen LogP contribution in [0.4, 0.5) is 5.69 Å². The number of non-ortho nitro benzene ring substituents is 1. The van der Waals surface area contributed by atoms with Crippen LogP contribution in [-0.2, 0) is 4.79 Å². The van der Waals surface area contributed by atoms with Crippen molar-refractivity contribution in [3.05, 3.63) is 93.4 Å². The maximum Gasteiger partial charge on any atom is 0.270 e. The van der Waals surface area contributed by atoms with Gasteiger partial charge in [-0.25, -0.2) is 0 Å². The third-order valence-corrected chi connectivity index (χ3v) is 5.71. The van der Waals surface area contributed by atoms with Crippen LogP contribution < -0.4 is 5.32 Å². The lowest BCUT2D eigenvalue weighted by atomic mass is 10.1. The molecular formula is C26H25N3O5. The average molecular weight is 460 g/mol. The topological polar surface area (TPSA) is 106 Å². The van der Waals surface area contributed by atoms with E-state index in [2.05, 4.69) is 5.32 Å². The fourth-order valence-electron chi connectivity index (χ4n) is 3.79. The van der Waals surface area contributed by atoms with Gasteiger partial charge in [-0.2, -0.15) is 0 Å². The first kappa shape index (κ1) is 23.0. The second-order valence-electron chi connectivity index (χ2n) is 8.24. The van der Waals surface area contributed by atoms with Crippen LogP contribution in [-0.4, -0.2) is 34.7 Å². The predicted octanol–water partition coefficient (Wildman–Crippen LogP) is 4.95. The van der Waals surface area contributed by atoms with E-state index in [1.807, 2.05) is 19.1 Å². The van der Waals surface area contributed by atoms with Crippen molar-refractivity contribution in [3.63, 3.8) is 0 Å². The molecule has 174 valence electrons. The van der Waals surface area contributed by atoms with Crippen molar-refractivity contribution >= 4 is 23.6 Å². The van der Waals surface area contributed by atoms with Gasteiger partial charge in [0.2, 0.25) is 0 Å². The predicted molar refractivity (Wildman–Crippen MR) is 128 cm³/mol. The number of aryl methyl sites for hydroxylation is 1. The summed E-state index contributed by atoms with van der Waals surface area (Å²) in [6, 6.07) is 16.5. The summed E-state index contributed by atoms with van der Waals surface area (Å²) >= 11 is 0.